The highest BCUT2D eigenvalue weighted by atomic mass is 31.2. The molecule has 14 heavy (non-hydrogen) atoms. The fourth-order valence-corrected chi connectivity index (χ4v) is 0.933. The summed E-state index contributed by atoms with van der Waals surface area (Å²) in [6, 6.07) is -1.91. The fourth-order valence-electron chi connectivity index (χ4n) is 0.526. The molecule has 3 unspecified atom stereocenters. The highest BCUT2D eigenvalue weighted by Crippen LogP contribution is 2.37. The number of nitrogens with two attached hydrogens (primary N) is 1. The van der Waals surface area contributed by atoms with Crippen LogP contribution in [-0.2, 0) is 13.9 Å². The van der Waals surface area contributed by atoms with Gasteiger partial charge >= 0.3 is 13.8 Å². The molecule has 9 nitrogen and oxygen atoms in total. The number of carbonyl (C=O) groups is 1. The van der Waals surface area contributed by atoms with Crippen molar-refractivity contribution in [1.29, 1.82) is 0 Å². The quantitative estimate of drug-likeness (QED) is 0.215. The Hall–Kier alpha value is -0.540. The number of aliphatic hydroxyl groups excluding tert-OH is 2. The maximum Gasteiger partial charge on any atom is 0.472 e. The fraction of sp³-hybridized carbons (Fsp3) is 0.750. The van der Waals surface area contributed by atoms with E-state index >= 15 is 0 Å². The summed E-state index contributed by atoms with van der Waals surface area (Å²) in [5.74, 6) is -1.65. The molecule has 0 saturated heterocycles. The lowest BCUT2D eigenvalue weighted by Gasteiger charge is -2.20. The molecule has 0 heterocycles. The summed E-state index contributed by atoms with van der Waals surface area (Å²) >= 11 is 0. The van der Waals surface area contributed by atoms with Gasteiger partial charge in [0.05, 0.1) is 0 Å². The first-order chi connectivity index (χ1) is 6.15. The van der Waals surface area contributed by atoms with Crippen LogP contribution in [0.5, 0.6) is 0 Å². The van der Waals surface area contributed by atoms with Crippen molar-refractivity contribution in [3.8, 4) is 0 Å². The second-order valence-corrected chi connectivity index (χ2v) is 3.53. The van der Waals surface area contributed by atoms with Crippen molar-refractivity contribution in [3.63, 3.8) is 0 Å². The molecule has 0 radical (unpaired) electrons. The van der Waals surface area contributed by atoms with Crippen molar-refractivity contribution in [2.45, 2.75) is 18.4 Å². The Morgan fingerprint density at radius 3 is 2.07 bits per heavy atom. The third-order valence-corrected chi connectivity index (χ3v) is 1.68. The van der Waals surface area contributed by atoms with Gasteiger partial charge in [0.1, 0.15) is 12.1 Å². The minimum absolute atomic E-state index is 1.65. The zero-order chi connectivity index (χ0) is 11.5. The zero-order valence-corrected chi connectivity index (χ0v) is 7.61. The molecule has 0 spiro atoms. The predicted molar refractivity (Wildman–Crippen MR) is 40.8 cm³/mol. The van der Waals surface area contributed by atoms with Crippen LogP contribution in [0, 0.1) is 0 Å². The van der Waals surface area contributed by atoms with E-state index in [-0.39, 0.29) is 0 Å². The van der Waals surface area contributed by atoms with E-state index in [4.69, 9.17) is 30.8 Å². The lowest BCUT2D eigenvalue weighted by Crippen LogP contribution is -2.48. The first-order valence-electron chi connectivity index (χ1n) is 3.23. The van der Waals surface area contributed by atoms with Crippen molar-refractivity contribution in [2.24, 2.45) is 5.73 Å². The molecule has 7 N–H and O–H groups in total. The maximum absolute atomic E-state index is 10.2. The minimum atomic E-state index is -5.00. The molecule has 0 aromatic carbocycles. The van der Waals surface area contributed by atoms with E-state index in [0.717, 1.165) is 0 Å². The van der Waals surface area contributed by atoms with E-state index in [1.807, 2.05) is 0 Å². The average Bonchev–Trinajstić information content (AvgIpc) is 1.98. The molecule has 0 amide bonds. The van der Waals surface area contributed by atoms with Gasteiger partial charge in [0, 0.05) is 0 Å². The number of phosphoric acid groups is 1. The lowest BCUT2D eigenvalue weighted by atomic mass is 10.2. The summed E-state index contributed by atoms with van der Waals surface area (Å²) < 4.78 is 13.8. The Morgan fingerprint density at radius 1 is 1.36 bits per heavy atom. The highest BCUT2D eigenvalue weighted by Gasteiger charge is 2.33. The Morgan fingerprint density at radius 2 is 1.79 bits per heavy atom. The van der Waals surface area contributed by atoms with E-state index in [0.29, 0.717) is 0 Å². The van der Waals surface area contributed by atoms with Gasteiger partial charge < -0.3 is 30.8 Å². The Balaban J connectivity index is 4.32. The molecule has 0 aliphatic heterocycles. The van der Waals surface area contributed by atoms with Crippen molar-refractivity contribution in [1.82, 2.24) is 0 Å². The number of aliphatic carboxylic acids is 1. The first-order valence-corrected chi connectivity index (χ1v) is 4.76. The van der Waals surface area contributed by atoms with Crippen LogP contribution in [0.2, 0.25) is 0 Å². The van der Waals surface area contributed by atoms with Crippen LogP contribution in [-0.4, -0.2) is 49.5 Å². The molecule has 0 aromatic rings. The van der Waals surface area contributed by atoms with Crippen LogP contribution >= 0.6 is 7.82 Å². The highest BCUT2D eigenvalue weighted by molar-refractivity contribution is 7.46. The van der Waals surface area contributed by atoms with Crippen molar-refractivity contribution >= 4 is 13.8 Å². The SMILES string of the molecule is NC(C(=O)O)C(O)C(O)OP(=O)(O)O. The van der Waals surface area contributed by atoms with Crippen LogP contribution in [0.3, 0.4) is 0 Å². The molecular formula is C4H10NO8P. The standard InChI is InChI=1S/C4H10NO8P/c5-1(3(7)8)2(6)4(9)13-14(10,11)12/h1-2,4,6,9H,5H2,(H,7,8)(H2,10,11,12). The van der Waals surface area contributed by atoms with Gasteiger partial charge in [0.15, 0.2) is 6.29 Å². The van der Waals surface area contributed by atoms with Gasteiger partial charge in [0.2, 0.25) is 0 Å². The van der Waals surface area contributed by atoms with Gasteiger partial charge in [-0.15, -0.1) is 0 Å². The third kappa shape index (κ3) is 4.63. The average molecular weight is 231 g/mol. The molecule has 0 fully saturated rings. The Labute approximate surface area is 78.0 Å². The van der Waals surface area contributed by atoms with Gasteiger partial charge in [-0.05, 0) is 0 Å². The van der Waals surface area contributed by atoms with Crippen LogP contribution in [0.4, 0.5) is 0 Å². The zero-order valence-electron chi connectivity index (χ0n) is 6.72. The molecule has 0 aliphatic carbocycles. The van der Waals surface area contributed by atoms with Gasteiger partial charge in [-0.1, -0.05) is 0 Å². The Kier molecular flexibility index (Phi) is 4.62. The van der Waals surface area contributed by atoms with Crippen molar-refractivity contribution in [2.75, 3.05) is 0 Å². The van der Waals surface area contributed by atoms with Gasteiger partial charge in [-0.3, -0.25) is 9.32 Å². The summed E-state index contributed by atoms with van der Waals surface area (Å²) in [5.41, 5.74) is 4.84. The van der Waals surface area contributed by atoms with E-state index in [1.54, 1.807) is 0 Å². The van der Waals surface area contributed by atoms with E-state index in [1.165, 1.54) is 0 Å². The molecule has 0 aromatic heterocycles. The van der Waals surface area contributed by atoms with E-state index < -0.39 is 32.2 Å². The van der Waals surface area contributed by atoms with E-state index in [9.17, 15) is 9.36 Å². The summed E-state index contributed by atoms with van der Waals surface area (Å²) in [4.78, 5) is 26.5. The summed E-state index contributed by atoms with van der Waals surface area (Å²) in [6.07, 6.45) is -4.51. The minimum Gasteiger partial charge on any atom is -0.480 e. The first kappa shape index (κ1) is 13.5. The number of hydrogen-bond acceptors (Lipinski definition) is 6. The number of phosphoric ester groups is 1. The molecule has 0 aliphatic rings. The second-order valence-electron chi connectivity index (χ2n) is 2.34. The monoisotopic (exact) mass is 231 g/mol. The normalized spacial score (nSPS) is 18.6. The van der Waals surface area contributed by atoms with Crippen molar-refractivity contribution in [3.05, 3.63) is 0 Å². The van der Waals surface area contributed by atoms with Gasteiger partial charge in [0.25, 0.3) is 0 Å². The predicted octanol–water partition coefficient (Wildman–Crippen LogP) is -2.81. The Bertz CT molecular complexity index is 250. The van der Waals surface area contributed by atoms with Crippen LogP contribution in [0.25, 0.3) is 0 Å². The molecule has 84 valence electrons. The van der Waals surface area contributed by atoms with Gasteiger partial charge in [-0.2, -0.15) is 0 Å². The molecule has 0 rings (SSSR count). The number of carboxylic acids is 1. The lowest BCUT2D eigenvalue weighted by molar-refractivity contribution is -0.155. The molecule has 3 atom stereocenters. The second kappa shape index (κ2) is 4.80. The summed E-state index contributed by atoms with van der Waals surface area (Å²) in [5, 5.41) is 25.9. The molecule has 10 heteroatoms. The summed E-state index contributed by atoms with van der Waals surface area (Å²) in [7, 11) is -5.00. The molecule has 0 saturated carbocycles. The topological polar surface area (TPSA) is 171 Å². The number of rotatable bonds is 5. The van der Waals surface area contributed by atoms with E-state index in [2.05, 4.69) is 4.52 Å². The van der Waals surface area contributed by atoms with Gasteiger partial charge in [-0.25, -0.2) is 4.57 Å². The van der Waals surface area contributed by atoms with Crippen LogP contribution in [0.1, 0.15) is 0 Å². The maximum atomic E-state index is 10.2. The summed E-state index contributed by atoms with van der Waals surface area (Å²) in [6.45, 7) is 0. The third-order valence-electron chi connectivity index (χ3n) is 1.19. The molecule has 0 bridgehead atoms. The number of hydrogen-bond donors (Lipinski definition) is 6. The van der Waals surface area contributed by atoms with Crippen molar-refractivity contribution < 1.29 is 39.0 Å². The number of carboxylic acid groups (broad SMARTS) is 1. The largest absolute Gasteiger partial charge is 0.480 e. The molecular weight excluding hydrogens is 221 g/mol. The van der Waals surface area contributed by atoms with Crippen LogP contribution < -0.4 is 5.73 Å². The number of aliphatic hydroxyl groups is 2. The van der Waals surface area contributed by atoms with Crippen LogP contribution in [0.15, 0.2) is 0 Å². The smallest absolute Gasteiger partial charge is 0.472 e.